The molecule has 0 aromatic heterocycles. The maximum atomic E-state index is 12.3. The van der Waals surface area contributed by atoms with Crippen LogP contribution in [0.4, 0.5) is 0 Å². The summed E-state index contributed by atoms with van der Waals surface area (Å²) in [6, 6.07) is 7.52. The van der Waals surface area contributed by atoms with E-state index in [0.29, 0.717) is 25.4 Å². The molecular weight excluding hydrogens is 328 g/mol. The van der Waals surface area contributed by atoms with Crippen molar-refractivity contribution in [2.45, 2.75) is 39.7 Å². The van der Waals surface area contributed by atoms with Crippen molar-refractivity contribution in [1.82, 2.24) is 4.90 Å². The Kier molecular flexibility index (Phi) is 7.84. The van der Waals surface area contributed by atoms with Crippen molar-refractivity contribution in [2.75, 3.05) is 26.3 Å². The van der Waals surface area contributed by atoms with E-state index >= 15 is 0 Å². The molecule has 24 heavy (non-hydrogen) atoms. The second kappa shape index (κ2) is 9.14. The van der Waals surface area contributed by atoms with E-state index in [-0.39, 0.29) is 36.4 Å². The number of carbonyl (C=O) groups is 1. The van der Waals surface area contributed by atoms with Gasteiger partial charge in [-0.3, -0.25) is 4.79 Å². The van der Waals surface area contributed by atoms with Gasteiger partial charge in [0.1, 0.15) is 11.5 Å². The maximum Gasteiger partial charge on any atom is 0.260 e. The first-order valence-electron chi connectivity index (χ1n) is 8.31. The number of amides is 1. The van der Waals surface area contributed by atoms with Crippen molar-refractivity contribution in [1.29, 1.82) is 0 Å². The monoisotopic (exact) mass is 356 g/mol. The van der Waals surface area contributed by atoms with Crippen LogP contribution in [0.15, 0.2) is 24.3 Å². The fourth-order valence-corrected chi connectivity index (χ4v) is 2.68. The summed E-state index contributed by atoms with van der Waals surface area (Å²) < 4.78 is 11.1. The van der Waals surface area contributed by atoms with E-state index in [1.165, 1.54) is 0 Å². The van der Waals surface area contributed by atoms with E-state index in [9.17, 15) is 4.79 Å². The Morgan fingerprint density at radius 3 is 2.38 bits per heavy atom. The summed E-state index contributed by atoms with van der Waals surface area (Å²) in [6.07, 6.45) is 1.81. The molecule has 1 atom stereocenters. The highest BCUT2D eigenvalue weighted by atomic mass is 35.5. The number of ether oxygens (including phenoxy) is 2. The number of hydrogen-bond acceptors (Lipinski definition) is 4. The Bertz CT molecular complexity index is 520. The molecule has 1 fully saturated rings. The van der Waals surface area contributed by atoms with Gasteiger partial charge in [-0.1, -0.05) is 20.8 Å². The van der Waals surface area contributed by atoms with Gasteiger partial charge in [0, 0.05) is 19.1 Å². The molecule has 0 aliphatic carbocycles. The number of nitrogens with two attached hydrogens (primary N) is 1. The first-order valence-corrected chi connectivity index (χ1v) is 8.31. The molecule has 136 valence electrons. The minimum atomic E-state index is -0.0494. The Labute approximate surface area is 150 Å². The van der Waals surface area contributed by atoms with Crippen LogP contribution < -0.4 is 15.2 Å². The fourth-order valence-electron chi connectivity index (χ4n) is 2.68. The van der Waals surface area contributed by atoms with Crippen molar-refractivity contribution in [2.24, 2.45) is 11.1 Å². The smallest absolute Gasteiger partial charge is 0.260 e. The van der Waals surface area contributed by atoms with Gasteiger partial charge >= 0.3 is 0 Å². The summed E-state index contributed by atoms with van der Waals surface area (Å²) in [7, 11) is 0. The van der Waals surface area contributed by atoms with Crippen molar-refractivity contribution >= 4 is 18.3 Å². The highest BCUT2D eigenvalue weighted by molar-refractivity contribution is 5.85. The SMILES string of the molecule is CCCOc1ccc(OCC(=O)N2CCC(N)C(C)(C)C2)cc1.Cl. The molecule has 1 unspecified atom stereocenters. The lowest BCUT2D eigenvalue weighted by atomic mass is 9.80. The Morgan fingerprint density at radius 1 is 1.25 bits per heavy atom. The minimum absolute atomic E-state index is 0. The predicted octanol–water partition coefficient (Wildman–Crippen LogP) is 2.86. The van der Waals surface area contributed by atoms with Crippen LogP contribution in [0.2, 0.25) is 0 Å². The maximum absolute atomic E-state index is 12.3. The van der Waals surface area contributed by atoms with E-state index in [1.807, 2.05) is 29.2 Å². The number of piperidine rings is 1. The molecule has 1 aliphatic heterocycles. The first kappa shape index (κ1) is 20.6. The van der Waals surface area contributed by atoms with Crippen LogP contribution in [0.25, 0.3) is 0 Å². The molecule has 1 saturated heterocycles. The first-order chi connectivity index (χ1) is 10.9. The summed E-state index contributed by atoms with van der Waals surface area (Å²) in [6.45, 7) is 8.42. The third-order valence-electron chi connectivity index (χ3n) is 4.32. The van der Waals surface area contributed by atoms with Gasteiger partial charge in [-0.2, -0.15) is 0 Å². The van der Waals surface area contributed by atoms with Gasteiger partial charge in [-0.25, -0.2) is 0 Å². The Balaban J connectivity index is 0.00000288. The van der Waals surface area contributed by atoms with Crippen LogP contribution in [0.1, 0.15) is 33.6 Å². The van der Waals surface area contributed by atoms with Crippen molar-refractivity contribution < 1.29 is 14.3 Å². The average Bonchev–Trinajstić information content (AvgIpc) is 2.54. The average molecular weight is 357 g/mol. The number of benzene rings is 1. The van der Waals surface area contributed by atoms with Gasteiger partial charge in [0.2, 0.25) is 0 Å². The zero-order chi connectivity index (χ0) is 16.9. The predicted molar refractivity (Wildman–Crippen MR) is 97.9 cm³/mol. The highest BCUT2D eigenvalue weighted by Gasteiger charge is 2.35. The lowest BCUT2D eigenvalue weighted by molar-refractivity contribution is -0.136. The quantitative estimate of drug-likeness (QED) is 0.851. The molecule has 1 heterocycles. The van der Waals surface area contributed by atoms with Gasteiger partial charge < -0.3 is 20.1 Å². The number of halogens is 1. The summed E-state index contributed by atoms with van der Waals surface area (Å²) in [4.78, 5) is 14.2. The van der Waals surface area contributed by atoms with Gasteiger partial charge in [0.05, 0.1) is 6.61 Å². The third-order valence-corrected chi connectivity index (χ3v) is 4.32. The molecule has 1 aromatic carbocycles. The van der Waals surface area contributed by atoms with Crippen LogP contribution in [0.3, 0.4) is 0 Å². The number of rotatable bonds is 6. The molecule has 5 nitrogen and oxygen atoms in total. The van der Waals surface area contributed by atoms with Crippen LogP contribution in [0.5, 0.6) is 11.5 Å². The van der Waals surface area contributed by atoms with E-state index in [1.54, 1.807) is 0 Å². The normalized spacial score (nSPS) is 19.3. The zero-order valence-electron chi connectivity index (χ0n) is 14.8. The van der Waals surface area contributed by atoms with Crippen LogP contribution in [0, 0.1) is 5.41 Å². The van der Waals surface area contributed by atoms with E-state index in [4.69, 9.17) is 15.2 Å². The second-order valence-electron chi connectivity index (χ2n) is 6.81. The summed E-state index contributed by atoms with van der Waals surface area (Å²) in [5.74, 6) is 1.50. The van der Waals surface area contributed by atoms with Gasteiger partial charge in [-0.05, 0) is 42.5 Å². The largest absolute Gasteiger partial charge is 0.494 e. The second-order valence-corrected chi connectivity index (χ2v) is 6.81. The molecule has 0 bridgehead atoms. The van der Waals surface area contributed by atoms with E-state index in [2.05, 4.69) is 20.8 Å². The Hall–Kier alpha value is -1.46. The molecule has 0 radical (unpaired) electrons. The molecular formula is C18H29ClN2O3. The van der Waals surface area contributed by atoms with Crippen LogP contribution in [-0.2, 0) is 4.79 Å². The standard InChI is InChI=1S/C18H28N2O3.ClH/c1-4-11-22-14-5-7-15(8-6-14)23-12-17(21)20-10-9-16(19)18(2,3)13-20;/h5-8,16H,4,9-13,19H2,1-3H3;1H. The number of nitrogens with zero attached hydrogens (tertiary/aromatic N) is 1. The summed E-state index contributed by atoms with van der Waals surface area (Å²) in [5, 5.41) is 0. The van der Waals surface area contributed by atoms with E-state index < -0.39 is 0 Å². The van der Waals surface area contributed by atoms with Crippen molar-refractivity contribution in [3.63, 3.8) is 0 Å². The fraction of sp³-hybridized carbons (Fsp3) is 0.611. The van der Waals surface area contributed by atoms with Crippen molar-refractivity contribution in [3.05, 3.63) is 24.3 Å². The minimum Gasteiger partial charge on any atom is -0.494 e. The molecule has 0 saturated carbocycles. The lowest BCUT2D eigenvalue weighted by Crippen LogP contribution is -2.54. The van der Waals surface area contributed by atoms with Gasteiger partial charge in [0.25, 0.3) is 5.91 Å². The molecule has 2 rings (SSSR count). The van der Waals surface area contributed by atoms with Gasteiger partial charge in [0.15, 0.2) is 6.61 Å². The van der Waals surface area contributed by atoms with Crippen LogP contribution >= 0.6 is 12.4 Å². The van der Waals surface area contributed by atoms with Crippen LogP contribution in [-0.4, -0.2) is 43.2 Å². The van der Waals surface area contributed by atoms with E-state index in [0.717, 1.165) is 18.6 Å². The molecule has 6 heteroatoms. The summed E-state index contributed by atoms with van der Waals surface area (Å²) in [5.41, 5.74) is 6.06. The van der Waals surface area contributed by atoms with Gasteiger partial charge in [-0.15, -0.1) is 12.4 Å². The molecule has 0 spiro atoms. The zero-order valence-corrected chi connectivity index (χ0v) is 15.6. The number of hydrogen-bond donors (Lipinski definition) is 1. The number of likely N-dealkylation sites (tertiary alicyclic amines) is 1. The molecule has 2 N–H and O–H groups in total. The van der Waals surface area contributed by atoms with Crippen molar-refractivity contribution in [3.8, 4) is 11.5 Å². The topological polar surface area (TPSA) is 64.8 Å². The lowest BCUT2D eigenvalue weighted by Gasteiger charge is -2.42. The number of carbonyl (C=O) groups excluding carboxylic acids is 1. The highest BCUT2D eigenvalue weighted by Crippen LogP contribution is 2.27. The third kappa shape index (κ3) is 5.56. The molecule has 1 aromatic rings. The Morgan fingerprint density at radius 2 is 1.83 bits per heavy atom. The molecule has 1 amide bonds. The summed E-state index contributed by atoms with van der Waals surface area (Å²) >= 11 is 0. The molecule has 1 aliphatic rings.